The van der Waals surface area contributed by atoms with Crippen LogP contribution in [0.2, 0.25) is 0 Å². The molecule has 2 amide bonds. The van der Waals surface area contributed by atoms with Gasteiger partial charge in [0.1, 0.15) is 6.04 Å². The van der Waals surface area contributed by atoms with Gasteiger partial charge in [-0.05, 0) is 36.4 Å². The van der Waals surface area contributed by atoms with Crippen molar-refractivity contribution in [3.8, 4) is 0 Å². The van der Waals surface area contributed by atoms with Crippen molar-refractivity contribution in [2.24, 2.45) is 11.3 Å². The van der Waals surface area contributed by atoms with Crippen molar-refractivity contribution < 1.29 is 9.59 Å². The van der Waals surface area contributed by atoms with E-state index in [1.807, 2.05) is 61.4 Å². The van der Waals surface area contributed by atoms with Gasteiger partial charge in [0, 0.05) is 35.5 Å². The van der Waals surface area contributed by atoms with E-state index < -0.39 is 0 Å². The van der Waals surface area contributed by atoms with Crippen LogP contribution in [0.15, 0.2) is 41.9 Å². The van der Waals surface area contributed by atoms with Gasteiger partial charge in [0.2, 0.25) is 11.8 Å². The van der Waals surface area contributed by atoms with Crippen LogP contribution in [0.4, 0.5) is 0 Å². The SMILES string of the molecule is CC(C)(C)C(=O)N1CCC(C(=O)NC(c2ccccn2)c2cccs2)CC1. The van der Waals surface area contributed by atoms with Gasteiger partial charge >= 0.3 is 0 Å². The van der Waals surface area contributed by atoms with Crippen molar-refractivity contribution in [2.45, 2.75) is 39.7 Å². The molecular formula is C21H27N3O2S. The molecule has 0 saturated carbocycles. The normalized spacial score (nSPS) is 16.8. The van der Waals surface area contributed by atoms with Gasteiger partial charge in [0.15, 0.2) is 0 Å². The highest BCUT2D eigenvalue weighted by Crippen LogP contribution is 2.27. The second-order valence-corrected chi connectivity index (χ2v) is 9.01. The third kappa shape index (κ3) is 4.75. The molecule has 27 heavy (non-hydrogen) atoms. The summed E-state index contributed by atoms with van der Waals surface area (Å²) < 4.78 is 0. The number of aromatic nitrogens is 1. The zero-order valence-corrected chi connectivity index (χ0v) is 17.0. The number of likely N-dealkylation sites (tertiary alicyclic amines) is 1. The lowest BCUT2D eigenvalue weighted by molar-refractivity contribution is -0.142. The lowest BCUT2D eigenvalue weighted by atomic mass is 9.90. The maximum Gasteiger partial charge on any atom is 0.227 e. The summed E-state index contributed by atoms with van der Waals surface area (Å²) in [6.07, 6.45) is 3.15. The van der Waals surface area contributed by atoms with E-state index in [1.165, 1.54) is 0 Å². The Labute approximate surface area is 164 Å². The zero-order valence-electron chi connectivity index (χ0n) is 16.1. The average molecular weight is 386 g/mol. The van der Waals surface area contributed by atoms with Crippen LogP contribution in [0.25, 0.3) is 0 Å². The number of hydrogen-bond donors (Lipinski definition) is 1. The maximum atomic E-state index is 12.9. The summed E-state index contributed by atoms with van der Waals surface area (Å²) in [7, 11) is 0. The molecule has 2 aromatic heterocycles. The van der Waals surface area contributed by atoms with Crippen LogP contribution < -0.4 is 5.32 Å². The van der Waals surface area contributed by atoms with Crippen LogP contribution in [-0.2, 0) is 9.59 Å². The van der Waals surface area contributed by atoms with Crippen LogP contribution in [0.1, 0.15) is 50.2 Å². The quantitative estimate of drug-likeness (QED) is 0.874. The molecular weight excluding hydrogens is 358 g/mol. The summed E-state index contributed by atoms with van der Waals surface area (Å²) in [5.41, 5.74) is 0.465. The van der Waals surface area contributed by atoms with E-state index in [4.69, 9.17) is 0 Å². The van der Waals surface area contributed by atoms with Gasteiger partial charge < -0.3 is 10.2 Å². The smallest absolute Gasteiger partial charge is 0.227 e. The number of thiophene rings is 1. The molecule has 1 atom stereocenters. The summed E-state index contributed by atoms with van der Waals surface area (Å²) in [5, 5.41) is 5.19. The third-order valence-electron chi connectivity index (χ3n) is 4.89. The molecule has 1 unspecified atom stereocenters. The zero-order chi connectivity index (χ0) is 19.4. The first-order valence-electron chi connectivity index (χ1n) is 9.40. The summed E-state index contributed by atoms with van der Waals surface area (Å²) in [5.74, 6) is 0.133. The number of piperidine rings is 1. The molecule has 0 bridgehead atoms. The molecule has 0 spiro atoms. The first kappa shape index (κ1) is 19.5. The van der Waals surface area contributed by atoms with E-state index in [1.54, 1.807) is 17.5 Å². The van der Waals surface area contributed by atoms with Gasteiger partial charge in [-0.15, -0.1) is 11.3 Å². The Morgan fingerprint density at radius 1 is 1.19 bits per heavy atom. The van der Waals surface area contributed by atoms with Gasteiger partial charge in [0.25, 0.3) is 0 Å². The molecule has 1 fully saturated rings. The van der Waals surface area contributed by atoms with Gasteiger partial charge in [-0.25, -0.2) is 0 Å². The van der Waals surface area contributed by atoms with Crippen molar-refractivity contribution in [3.63, 3.8) is 0 Å². The Morgan fingerprint density at radius 3 is 2.48 bits per heavy atom. The Kier molecular flexibility index (Phi) is 5.95. The van der Waals surface area contributed by atoms with Crippen LogP contribution in [0, 0.1) is 11.3 Å². The molecule has 1 aliphatic rings. The number of carbonyl (C=O) groups excluding carboxylic acids is 2. The number of hydrogen-bond acceptors (Lipinski definition) is 4. The van der Waals surface area contributed by atoms with Gasteiger partial charge in [0.05, 0.1) is 5.69 Å². The predicted octanol–water partition coefficient (Wildman–Crippen LogP) is 3.63. The first-order chi connectivity index (χ1) is 12.9. The van der Waals surface area contributed by atoms with Crippen molar-refractivity contribution >= 4 is 23.2 Å². The van der Waals surface area contributed by atoms with Gasteiger partial charge in [-0.1, -0.05) is 32.9 Å². The second kappa shape index (κ2) is 8.21. The second-order valence-electron chi connectivity index (χ2n) is 8.03. The Balaban J connectivity index is 1.65. The highest BCUT2D eigenvalue weighted by Gasteiger charge is 2.33. The van der Waals surface area contributed by atoms with Crippen molar-refractivity contribution in [3.05, 3.63) is 52.5 Å². The van der Waals surface area contributed by atoms with Crippen LogP contribution in [0.3, 0.4) is 0 Å². The number of nitrogens with zero attached hydrogens (tertiary/aromatic N) is 2. The summed E-state index contributed by atoms with van der Waals surface area (Å²) >= 11 is 1.61. The lowest BCUT2D eigenvalue weighted by Gasteiger charge is -2.35. The fourth-order valence-corrected chi connectivity index (χ4v) is 4.16. The minimum Gasteiger partial charge on any atom is -0.343 e. The average Bonchev–Trinajstić information content (AvgIpc) is 3.20. The summed E-state index contributed by atoms with van der Waals surface area (Å²) in [4.78, 5) is 32.7. The molecule has 0 radical (unpaired) electrons. The largest absolute Gasteiger partial charge is 0.343 e. The van der Waals surface area contributed by atoms with Gasteiger partial charge in [-0.2, -0.15) is 0 Å². The topological polar surface area (TPSA) is 62.3 Å². The van der Waals surface area contributed by atoms with E-state index in [0.717, 1.165) is 10.6 Å². The molecule has 144 valence electrons. The highest BCUT2D eigenvalue weighted by molar-refractivity contribution is 7.10. The molecule has 1 N–H and O–H groups in total. The van der Waals surface area contributed by atoms with Gasteiger partial charge in [-0.3, -0.25) is 14.6 Å². The Bertz CT molecular complexity index is 760. The van der Waals surface area contributed by atoms with E-state index in [-0.39, 0.29) is 29.2 Å². The van der Waals surface area contributed by atoms with Crippen molar-refractivity contribution in [1.29, 1.82) is 0 Å². The number of nitrogens with one attached hydrogen (secondary N) is 1. The molecule has 3 heterocycles. The molecule has 5 nitrogen and oxygen atoms in total. The predicted molar refractivity (Wildman–Crippen MR) is 107 cm³/mol. The summed E-state index contributed by atoms with van der Waals surface area (Å²) in [6, 6.07) is 9.53. The Morgan fingerprint density at radius 2 is 1.93 bits per heavy atom. The minimum absolute atomic E-state index is 0.0434. The van der Waals surface area contributed by atoms with Crippen molar-refractivity contribution in [2.75, 3.05) is 13.1 Å². The molecule has 6 heteroatoms. The molecule has 0 aliphatic carbocycles. The standard InChI is InChI=1S/C21H27N3O2S/c1-21(2,3)20(26)24-12-9-15(10-13-24)19(25)23-18(17-8-6-14-27-17)16-7-4-5-11-22-16/h4-8,11,14-15,18H,9-10,12-13H2,1-3H3,(H,23,25). The number of rotatable bonds is 4. The lowest BCUT2D eigenvalue weighted by Crippen LogP contribution is -2.47. The number of pyridine rings is 1. The molecule has 3 rings (SSSR count). The monoisotopic (exact) mass is 385 g/mol. The fraction of sp³-hybridized carbons (Fsp3) is 0.476. The highest BCUT2D eigenvalue weighted by atomic mass is 32.1. The maximum absolute atomic E-state index is 12.9. The molecule has 1 aliphatic heterocycles. The van der Waals surface area contributed by atoms with Crippen LogP contribution >= 0.6 is 11.3 Å². The van der Waals surface area contributed by atoms with E-state index in [0.29, 0.717) is 25.9 Å². The van der Waals surface area contributed by atoms with Crippen LogP contribution in [0.5, 0.6) is 0 Å². The number of carbonyl (C=O) groups is 2. The first-order valence-corrected chi connectivity index (χ1v) is 10.3. The molecule has 2 aromatic rings. The number of amides is 2. The van der Waals surface area contributed by atoms with Crippen molar-refractivity contribution in [1.82, 2.24) is 15.2 Å². The minimum atomic E-state index is -0.377. The molecule has 0 aromatic carbocycles. The van der Waals surface area contributed by atoms with E-state index >= 15 is 0 Å². The van der Waals surface area contributed by atoms with Crippen LogP contribution in [-0.4, -0.2) is 34.8 Å². The molecule has 1 saturated heterocycles. The third-order valence-corrected chi connectivity index (χ3v) is 5.83. The fourth-order valence-electron chi connectivity index (χ4n) is 3.37. The van der Waals surface area contributed by atoms with E-state index in [2.05, 4.69) is 10.3 Å². The Hall–Kier alpha value is -2.21. The summed E-state index contributed by atoms with van der Waals surface area (Å²) in [6.45, 7) is 7.09. The van der Waals surface area contributed by atoms with E-state index in [9.17, 15) is 9.59 Å².